The third-order valence-corrected chi connectivity index (χ3v) is 7.10. The van der Waals surface area contributed by atoms with Crippen LogP contribution in [0.15, 0.2) is 73.2 Å². The largest absolute Gasteiger partial charge is 0.351 e. The average molecular weight is 477 g/mol. The zero-order valence-electron chi connectivity index (χ0n) is 19.5. The molecule has 36 heavy (non-hydrogen) atoms. The normalized spacial score (nSPS) is 16.1. The van der Waals surface area contributed by atoms with Crippen LogP contribution in [0, 0.1) is 5.41 Å². The van der Waals surface area contributed by atoms with Gasteiger partial charge in [0.25, 0.3) is 5.91 Å². The summed E-state index contributed by atoms with van der Waals surface area (Å²) in [7, 11) is 0. The van der Waals surface area contributed by atoms with E-state index in [4.69, 9.17) is 4.98 Å². The quantitative estimate of drug-likeness (QED) is 0.307. The molecule has 0 aliphatic carbocycles. The highest BCUT2D eigenvalue weighted by atomic mass is 16.2. The number of carbonyl (C=O) groups excluding carboxylic acids is 1. The number of hydrogen-bond acceptors (Lipinski definition) is 6. The van der Waals surface area contributed by atoms with Gasteiger partial charge in [0.05, 0.1) is 6.20 Å². The number of nitrogens with one attached hydrogen (secondary N) is 4. The summed E-state index contributed by atoms with van der Waals surface area (Å²) < 4.78 is 0. The molecule has 3 aromatic heterocycles. The van der Waals surface area contributed by atoms with Crippen LogP contribution in [0.3, 0.4) is 0 Å². The summed E-state index contributed by atoms with van der Waals surface area (Å²) in [5.41, 5.74) is 5.77. The van der Waals surface area contributed by atoms with Gasteiger partial charge >= 0.3 is 0 Å². The first-order valence-corrected chi connectivity index (χ1v) is 12.0. The van der Waals surface area contributed by atoms with E-state index in [9.17, 15) is 4.79 Å². The van der Waals surface area contributed by atoms with Crippen LogP contribution in [-0.4, -0.2) is 62.1 Å². The third-order valence-electron chi connectivity index (χ3n) is 7.10. The van der Waals surface area contributed by atoms with Gasteiger partial charge in [-0.1, -0.05) is 24.3 Å². The Kier molecular flexibility index (Phi) is 4.65. The number of carbonyl (C=O) groups is 1. The number of anilines is 2. The number of hydrogen-bond donors (Lipinski definition) is 4. The van der Waals surface area contributed by atoms with Crippen LogP contribution in [0.1, 0.15) is 10.5 Å². The second-order valence-electron chi connectivity index (χ2n) is 9.70. The lowest BCUT2D eigenvalue weighted by Gasteiger charge is -2.55. The molecule has 0 atom stereocenters. The smallest absolute Gasteiger partial charge is 0.270 e. The number of likely N-dealkylation sites (tertiary alicyclic amines) is 1. The summed E-state index contributed by atoms with van der Waals surface area (Å²) in [5.74, 6) is 1.38. The van der Waals surface area contributed by atoms with E-state index in [1.807, 2.05) is 65.7 Å². The Morgan fingerprint density at radius 3 is 2.56 bits per heavy atom. The maximum absolute atomic E-state index is 12.9. The molecule has 5 heterocycles. The van der Waals surface area contributed by atoms with Gasteiger partial charge in [-0.05, 0) is 35.9 Å². The Labute approximate surface area is 207 Å². The van der Waals surface area contributed by atoms with E-state index >= 15 is 0 Å². The van der Waals surface area contributed by atoms with Gasteiger partial charge in [-0.25, -0.2) is 9.97 Å². The Balaban J connectivity index is 1.09. The molecule has 2 aromatic carbocycles. The molecule has 9 heteroatoms. The maximum Gasteiger partial charge on any atom is 0.270 e. The lowest BCUT2D eigenvalue weighted by atomic mass is 9.74. The van der Waals surface area contributed by atoms with Crippen LogP contribution in [0.2, 0.25) is 0 Å². The molecule has 5 aromatic rings. The first-order chi connectivity index (χ1) is 17.6. The second-order valence-corrected chi connectivity index (χ2v) is 9.70. The summed E-state index contributed by atoms with van der Waals surface area (Å²) in [6, 6.07) is 17.9. The lowest BCUT2D eigenvalue weighted by molar-refractivity contribution is -0.0251. The van der Waals surface area contributed by atoms with Crippen molar-refractivity contribution in [3.63, 3.8) is 0 Å². The van der Waals surface area contributed by atoms with Gasteiger partial charge in [0.1, 0.15) is 11.5 Å². The number of rotatable bonds is 5. The van der Waals surface area contributed by atoms with Crippen LogP contribution in [-0.2, 0) is 0 Å². The first kappa shape index (κ1) is 20.8. The van der Waals surface area contributed by atoms with Crippen molar-refractivity contribution in [2.24, 2.45) is 5.41 Å². The molecule has 9 nitrogen and oxygen atoms in total. The minimum absolute atomic E-state index is 0.0616. The van der Waals surface area contributed by atoms with E-state index in [-0.39, 0.29) is 5.91 Å². The molecule has 2 fully saturated rings. The summed E-state index contributed by atoms with van der Waals surface area (Å²) >= 11 is 0. The zero-order valence-corrected chi connectivity index (χ0v) is 19.5. The molecule has 0 bridgehead atoms. The fourth-order valence-electron chi connectivity index (χ4n) is 5.03. The highest BCUT2D eigenvalue weighted by Crippen LogP contribution is 2.35. The molecular formula is C27H24N8O. The minimum atomic E-state index is 0.0616. The van der Waals surface area contributed by atoms with Crippen molar-refractivity contribution in [2.45, 2.75) is 0 Å². The number of benzene rings is 2. The van der Waals surface area contributed by atoms with E-state index in [0.29, 0.717) is 22.8 Å². The Morgan fingerprint density at radius 2 is 1.81 bits per heavy atom. The van der Waals surface area contributed by atoms with Crippen molar-refractivity contribution in [3.05, 3.63) is 78.9 Å². The van der Waals surface area contributed by atoms with Crippen LogP contribution in [0.25, 0.3) is 33.4 Å². The predicted molar refractivity (Wildman–Crippen MR) is 138 cm³/mol. The molecule has 0 radical (unpaired) electrons. The summed E-state index contributed by atoms with van der Waals surface area (Å²) in [6.45, 7) is 3.69. The summed E-state index contributed by atoms with van der Waals surface area (Å²) in [4.78, 5) is 27.3. The monoisotopic (exact) mass is 476 g/mol. The van der Waals surface area contributed by atoms with E-state index in [2.05, 4.69) is 30.8 Å². The number of aromatic amines is 2. The number of amides is 1. The molecule has 1 amide bonds. The highest BCUT2D eigenvalue weighted by molar-refractivity contribution is 5.99. The number of aromatic nitrogens is 5. The van der Waals surface area contributed by atoms with Crippen LogP contribution < -0.4 is 10.6 Å². The van der Waals surface area contributed by atoms with Crippen molar-refractivity contribution in [1.82, 2.24) is 35.4 Å². The summed E-state index contributed by atoms with van der Waals surface area (Å²) in [6.07, 6.45) is 5.41. The third kappa shape index (κ3) is 3.61. The number of nitrogens with zero attached hydrogens (tertiary/aromatic N) is 4. The van der Waals surface area contributed by atoms with Gasteiger partial charge in [-0.2, -0.15) is 5.10 Å². The lowest BCUT2D eigenvalue weighted by Crippen LogP contribution is -2.71. The SMILES string of the molecule is O=C(c1cc2ccc(-c3nccc(Nc4ccc(-c5cn[nH]c5)cc4)n3)cc2[nH]1)N1CC2(CNC2)C1. The van der Waals surface area contributed by atoms with Crippen molar-refractivity contribution < 1.29 is 4.79 Å². The Morgan fingerprint density at radius 1 is 0.972 bits per heavy atom. The first-order valence-electron chi connectivity index (χ1n) is 12.0. The molecule has 1 spiro atoms. The molecule has 2 aliphatic rings. The fraction of sp³-hybridized carbons (Fsp3) is 0.185. The standard InChI is InChI=1S/C27H24N8O/c36-26(35-15-27(16-35)13-28-14-27)23-9-18-1-2-19(10-22(18)33-23)25-29-8-7-24(34-25)32-21-5-3-17(4-6-21)20-11-30-31-12-20/h1-12,28,33H,13-16H2,(H,30,31)(H,29,32,34). The Bertz CT molecular complexity index is 1560. The van der Waals surface area contributed by atoms with E-state index in [1.54, 1.807) is 12.4 Å². The second kappa shape index (κ2) is 8.03. The van der Waals surface area contributed by atoms with E-state index in [1.165, 1.54) is 0 Å². The van der Waals surface area contributed by atoms with Crippen LogP contribution in [0.4, 0.5) is 11.5 Å². The molecule has 0 unspecified atom stereocenters. The predicted octanol–water partition coefficient (Wildman–Crippen LogP) is 3.80. The highest BCUT2D eigenvalue weighted by Gasteiger charge is 2.49. The molecular weight excluding hydrogens is 452 g/mol. The molecule has 0 saturated carbocycles. The molecule has 178 valence electrons. The van der Waals surface area contributed by atoms with Gasteiger partial charge in [-0.3, -0.25) is 9.89 Å². The number of H-pyrrole nitrogens is 2. The van der Waals surface area contributed by atoms with Crippen LogP contribution >= 0.6 is 0 Å². The number of fused-ring (bicyclic) bond motifs is 1. The molecule has 4 N–H and O–H groups in total. The van der Waals surface area contributed by atoms with Gasteiger partial charge in [0.2, 0.25) is 0 Å². The van der Waals surface area contributed by atoms with E-state index < -0.39 is 0 Å². The minimum Gasteiger partial charge on any atom is -0.351 e. The average Bonchev–Trinajstić information content (AvgIpc) is 3.53. The molecule has 2 saturated heterocycles. The Hall–Kier alpha value is -4.50. The fourth-order valence-corrected chi connectivity index (χ4v) is 5.03. The van der Waals surface area contributed by atoms with E-state index in [0.717, 1.165) is 59.5 Å². The van der Waals surface area contributed by atoms with Crippen molar-refractivity contribution in [1.29, 1.82) is 0 Å². The molecule has 7 rings (SSSR count). The summed E-state index contributed by atoms with van der Waals surface area (Å²) in [5, 5.41) is 14.5. The van der Waals surface area contributed by atoms with Crippen LogP contribution in [0.5, 0.6) is 0 Å². The van der Waals surface area contributed by atoms with Gasteiger partial charge in [0.15, 0.2) is 5.82 Å². The van der Waals surface area contributed by atoms with Crippen molar-refractivity contribution in [2.75, 3.05) is 31.5 Å². The molecule has 2 aliphatic heterocycles. The topological polar surface area (TPSA) is 115 Å². The van der Waals surface area contributed by atoms with Gasteiger partial charge < -0.3 is 20.5 Å². The van der Waals surface area contributed by atoms with Crippen molar-refractivity contribution in [3.8, 4) is 22.5 Å². The maximum atomic E-state index is 12.9. The van der Waals surface area contributed by atoms with Gasteiger partial charge in [0, 0.05) is 71.7 Å². The zero-order chi connectivity index (χ0) is 24.1. The van der Waals surface area contributed by atoms with Crippen molar-refractivity contribution >= 4 is 28.3 Å². The van der Waals surface area contributed by atoms with Gasteiger partial charge in [-0.15, -0.1) is 0 Å².